The molecule has 24 heteroatoms. The maximum atomic E-state index is 12.7. The van der Waals surface area contributed by atoms with Crippen molar-refractivity contribution in [1.82, 2.24) is 10.2 Å². The summed E-state index contributed by atoms with van der Waals surface area (Å²) in [6, 6.07) is 14.4. The molecule has 0 bridgehead atoms. The largest absolute Gasteiger partial charge is 0.748 e. The van der Waals surface area contributed by atoms with Crippen LogP contribution in [0, 0.1) is 0 Å². The molecule has 3 aromatic carbocycles. The Hall–Kier alpha value is -6.12. The predicted octanol–water partition coefficient (Wildman–Crippen LogP) is 3.62. The number of allylic oxidation sites excluding steroid dienone is 7. The Balaban J connectivity index is 1.27. The maximum Gasteiger partial charge on any atom is 0.253 e. The van der Waals surface area contributed by atoms with E-state index < -0.39 is 84.4 Å². The smallest absolute Gasteiger partial charge is 0.253 e. The summed E-state index contributed by atoms with van der Waals surface area (Å²) in [4.78, 5) is 37.9. The number of aryl methyl sites for hydroxylation is 1. The number of rotatable bonds is 19. The summed E-state index contributed by atoms with van der Waals surface area (Å²) >= 11 is 0. The van der Waals surface area contributed by atoms with Crippen LogP contribution in [0.25, 0.3) is 0 Å². The molecule has 7 rings (SSSR count). The third kappa shape index (κ3) is 12.6. The SMILES string of the molecule is CC1(C)C(/C=C/C2=C(Oc3ccc(CCC(=O)NCCN4C(=O)C=CC4=O)cc3)C(=C/C=C3/N(CCS(=O)(=O)[O-])c4ccc(S(=O)(=O)[O-])cc4C3(C)C)/CCC2)=[N+](CCS(=O)(=O)[O-])c2ccc(S(=O)(=O)[O-])cc21. The molecule has 0 atom stereocenters. The average molecular weight is 1080 g/mol. The van der Waals surface area contributed by atoms with Crippen LogP contribution in [0.1, 0.15) is 70.1 Å². The van der Waals surface area contributed by atoms with Gasteiger partial charge in [-0.3, -0.25) is 19.3 Å². The number of fused-ring (bicyclic) bond motifs is 2. The van der Waals surface area contributed by atoms with Gasteiger partial charge in [0.15, 0.2) is 12.3 Å². The highest BCUT2D eigenvalue weighted by Gasteiger charge is 2.45. The lowest BCUT2D eigenvalue weighted by Gasteiger charge is -2.28. The van der Waals surface area contributed by atoms with Gasteiger partial charge in [0.2, 0.25) is 11.6 Å². The van der Waals surface area contributed by atoms with Gasteiger partial charge in [0, 0.05) is 72.7 Å². The van der Waals surface area contributed by atoms with E-state index in [1.807, 2.05) is 0 Å². The zero-order valence-corrected chi connectivity index (χ0v) is 43.3. The van der Waals surface area contributed by atoms with Crippen molar-refractivity contribution in [2.45, 2.75) is 80.4 Å². The lowest BCUT2D eigenvalue weighted by atomic mass is 9.81. The van der Waals surface area contributed by atoms with Gasteiger partial charge in [0.05, 0.1) is 36.8 Å². The number of nitrogens with zero attached hydrogens (tertiary/aromatic N) is 3. The van der Waals surface area contributed by atoms with Crippen molar-refractivity contribution < 1.29 is 75.6 Å². The van der Waals surface area contributed by atoms with Crippen LogP contribution in [-0.4, -0.2) is 122 Å². The monoisotopic (exact) mass is 1080 g/mol. The Kier molecular flexibility index (Phi) is 15.5. The lowest BCUT2D eigenvalue weighted by molar-refractivity contribution is -0.432. The molecule has 0 aromatic heterocycles. The summed E-state index contributed by atoms with van der Waals surface area (Å²) in [7, 11) is -19.2. The summed E-state index contributed by atoms with van der Waals surface area (Å²) < 4.78 is 152. The highest BCUT2D eigenvalue weighted by Crippen LogP contribution is 2.49. The number of imide groups is 1. The molecule has 1 aliphatic carbocycles. The Labute approximate surface area is 424 Å². The van der Waals surface area contributed by atoms with E-state index in [9.17, 15) is 66.3 Å². The number of carbonyl (C=O) groups excluding carboxylic acids is 3. The van der Waals surface area contributed by atoms with Gasteiger partial charge in [-0.1, -0.05) is 32.1 Å². The van der Waals surface area contributed by atoms with Gasteiger partial charge in [-0.15, -0.1) is 0 Å². The molecule has 1 N–H and O–H groups in total. The standard InChI is InChI=1S/C49H54N4O16S4/c1-48(2)38-30-36(72(63,64)65)15-17-40(38)51(26-28-70(57,58)59)42(48)19-11-33-6-5-7-34(12-20-43-49(3,4)39-31-37(73(66,67)68)16-18-41(39)52(43)27-29-71(60,61)62)47(33)69-35-13-8-32(9-14-35)10-21-44(54)50-24-25-53-45(55)22-23-46(53)56/h8-9,11-20,22-23,30-31H,5-7,10,21,24-29H2,1-4H3,(H4-,50,54,57,58,59,60,61,62,63,64,65,66,67,68)/p-3. The molecule has 0 unspecified atom stereocenters. The number of carbonyl (C=O) groups is 3. The van der Waals surface area contributed by atoms with E-state index in [1.54, 1.807) is 85.7 Å². The number of hydrogen-bond acceptors (Lipinski definition) is 17. The number of hydrogen-bond donors (Lipinski definition) is 1. The maximum absolute atomic E-state index is 12.7. The third-order valence-electron chi connectivity index (χ3n) is 13.1. The van der Waals surface area contributed by atoms with Gasteiger partial charge < -0.3 is 33.2 Å². The molecule has 3 amide bonds. The summed E-state index contributed by atoms with van der Waals surface area (Å²) in [6.07, 6.45) is 11.1. The molecule has 0 saturated carbocycles. The molecule has 390 valence electrons. The van der Waals surface area contributed by atoms with Crippen molar-refractivity contribution in [1.29, 1.82) is 0 Å². The first-order valence-electron chi connectivity index (χ1n) is 22.8. The van der Waals surface area contributed by atoms with Crippen molar-refractivity contribution in [2.75, 3.05) is 42.6 Å². The van der Waals surface area contributed by atoms with Gasteiger partial charge in [-0.2, -0.15) is 4.58 Å². The summed E-state index contributed by atoms with van der Waals surface area (Å²) in [5, 5.41) is 2.71. The van der Waals surface area contributed by atoms with E-state index in [4.69, 9.17) is 4.74 Å². The van der Waals surface area contributed by atoms with E-state index in [-0.39, 0.29) is 38.5 Å². The van der Waals surface area contributed by atoms with Crippen molar-refractivity contribution in [3.8, 4) is 5.75 Å². The molecule has 3 aromatic rings. The number of benzene rings is 3. The van der Waals surface area contributed by atoms with E-state index in [0.717, 1.165) is 34.7 Å². The summed E-state index contributed by atoms with van der Waals surface area (Å²) in [5.74, 6) is -2.05. The number of nitrogens with one attached hydrogen (secondary N) is 1. The fourth-order valence-corrected chi connectivity index (χ4v) is 11.2. The number of amides is 3. The molecule has 0 saturated heterocycles. The fraction of sp³-hybridized carbons (Fsp3) is 0.347. The highest BCUT2D eigenvalue weighted by molar-refractivity contribution is 7.86. The Bertz CT molecular complexity index is 3430. The van der Waals surface area contributed by atoms with Crippen molar-refractivity contribution in [3.05, 3.63) is 136 Å². The first-order chi connectivity index (χ1) is 33.9. The Morgan fingerprint density at radius 2 is 1.34 bits per heavy atom. The molecule has 20 nitrogen and oxygen atoms in total. The number of anilines is 1. The first-order valence-corrected chi connectivity index (χ1v) is 28.8. The Morgan fingerprint density at radius 1 is 0.726 bits per heavy atom. The van der Waals surface area contributed by atoms with E-state index in [1.165, 1.54) is 24.3 Å². The van der Waals surface area contributed by atoms with Gasteiger partial charge in [0.1, 0.15) is 41.9 Å². The van der Waals surface area contributed by atoms with E-state index >= 15 is 0 Å². The van der Waals surface area contributed by atoms with Crippen molar-refractivity contribution in [2.24, 2.45) is 0 Å². The zero-order chi connectivity index (χ0) is 53.5. The van der Waals surface area contributed by atoms with Crippen LogP contribution in [-0.2, 0) is 72.1 Å². The van der Waals surface area contributed by atoms with Gasteiger partial charge in [-0.05, 0) is 116 Å². The normalized spacial score (nSPS) is 19.0. The zero-order valence-electron chi connectivity index (χ0n) is 40.0. The molecule has 3 heterocycles. The minimum absolute atomic E-state index is 0.0266. The van der Waals surface area contributed by atoms with Crippen LogP contribution in [0.3, 0.4) is 0 Å². The Morgan fingerprint density at radius 3 is 1.96 bits per heavy atom. The molecule has 0 radical (unpaired) electrons. The molecule has 4 aliphatic rings. The molecule has 0 spiro atoms. The molecular formula is C49H51N4O16S4-3. The average Bonchev–Trinajstić information content (AvgIpc) is 3.82. The summed E-state index contributed by atoms with van der Waals surface area (Å²) in [5.41, 5.74) is 2.48. The van der Waals surface area contributed by atoms with Crippen molar-refractivity contribution >= 4 is 75.3 Å². The second-order valence-corrected chi connectivity index (χ2v) is 24.6. The molecule has 0 fully saturated rings. The van der Waals surface area contributed by atoms with Gasteiger partial charge in [0.25, 0.3) is 11.8 Å². The fourth-order valence-electron chi connectivity index (χ4n) is 9.37. The van der Waals surface area contributed by atoms with E-state index in [2.05, 4.69) is 5.32 Å². The third-order valence-corrected chi connectivity index (χ3v) is 16.2. The van der Waals surface area contributed by atoms with Crippen LogP contribution >= 0.6 is 0 Å². The van der Waals surface area contributed by atoms with Crippen LogP contribution in [0.2, 0.25) is 0 Å². The van der Waals surface area contributed by atoms with Crippen LogP contribution < -0.4 is 15.0 Å². The quantitative estimate of drug-likeness (QED) is 0.102. The molecule has 3 aliphatic heterocycles. The topological polar surface area (TPSA) is 311 Å². The molecular weight excluding hydrogens is 1030 g/mol. The van der Waals surface area contributed by atoms with Crippen LogP contribution in [0.5, 0.6) is 5.75 Å². The minimum atomic E-state index is -4.89. The van der Waals surface area contributed by atoms with Gasteiger partial charge in [-0.25, -0.2) is 33.7 Å². The second kappa shape index (κ2) is 20.7. The van der Waals surface area contributed by atoms with Gasteiger partial charge >= 0.3 is 0 Å². The highest BCUT2D eigenvalue weighted by atomic mass is 32.2. The minimum Gasteiger partial charge on any atom is -0.748 e. The molecule has 73 heavy (non-hydrogen) atoms. The predicted molar refractivity (Wildman–Crippen MR) is 262 cm³/mol. The van der Waals surface area contributed by atoms with Crippen LogP contribution in [0.4, 0.5) is 11.4 Å². The summed E-state index contributed by atoms with van der Waals surface area (Å²) in [6.45, 7) is 6.52. The van der Waals surface area contributed by atoms with E-state index in [0.29, 0.717) is 82.2 Å². The van der Waals surface area contributed by atoms with Crippen molar-refractivity contribution in [3.63, 3.8) is 0 Å². The van der Waals surface area contributed by atoms with Crippen LogP contribution in [0.15, 0.2) is 130 Å². The first kappa shape index (κ1) is 54.6. The number of ether oxygens (including phenoxy) is 1. The second-order valence-electron chi connectivity index (χ2n) is 18.8. The lowest BCUT2D eigenvalue weighted by Crippen LogP contribution is -2.38.